The Morgan fingerprint density at radius 2 is 1.58 bits per heavy atom. The molecule has 0 unspecified atom stereocenters. The molecule has 4 rings (SSSR count). The Bertz CT molecular complexity index is 552. The van der Waals surface area contributed by atoms with Gasteiger partial charge in [0.05, 0.1) is 6.61 Å². The van der Waals surface area contributed by atoms with Crippen molar-refractivity contribution in [1.29, 1.82) is 0 Å². The zero-order chi connectivity index (χ0) is 16.4. The van der Waals surface area contributed by atoms with Crippen molar-refractivity contribution in [3.8, 4) is 0 Å². The maximum Gasteiger partial charge on any atom is 0.225 e. The van der Waals surface area contributed by atoms with Crippen LogP contribution >= 0.6 is 0 Å². The van der Waals surface area contributed by atoms with Crippen LogP contribution in [0.4, 0.5) is 0 Å². The molecule has 3 heteroatoms. The first kappa shape index (κ1) is 16.1. The zero-order valence-electron chi connectivity index (χ0n) is 14.6. The lowest BCUT2D eigenvalue weighted by atomic mass is 9.90. The van der Waals surface area contributed by atoms with Gasteiger partial charge in [0.15, 0.2) is 0 Å². The molecule has 3 aliphatic rings. The number of rotatable bonds is 7. The molecule has 24 heavy (non-hydrogen) atoms. The molecule has 1 heterocycles. The molecule has 2 aliphatic carbocycles. The topological polar surface area (TPSA) is 29.5 Å². The van der Waals surface area contributed by atoms with E-state index in [1.807, 2.05) is 0 Å². The summed E-state index contributed by atoms with van der Waals surface area (Å²) in [4.78, 5) is 14.2. The molecular weight excluding hydrogens is 298 g/mol. The van der Waals surface area contributed by atoms with E-state index >= 15 is 0 Å². The molecule has 0 bridgehead atoms. The maximum absolute atomic E-state index is 12.1. The van der Waals surface area contributed by atoms with Gasteiger partial charge in [-0.1, -0.05) is 24.3 Å². The number of hydrogen-bond acceptors (Lipinski definition) is 2. The summed E-state index contributed by atoms with van der Waals surface area (Å²) in [5.41, 5.74) is 2.71. The van der Waals surface area contributed by atoms with E-state index in [2.05, 4.69) is 29.2 Å². The van der Waals surface area contributed by atoms with Crippen LogP contribution in [-0.4, -0.2) is 30.5 Å². The molecule has 2 saturated carbocycles. The second-order valence-corrected chi connectivity index (χ2v) is 8.02. The van der Waals surface area contributed by atoms with Crippen LogP contribution in [0.2, 0.25) is 0 Å². The fourth-order valence-corrected chi connectivity index (χ4v) is 3.68. The number of ether oxygens (including phenoxy) is 1. The van der Waals surface area contributed by atoms with Crippen LogP contribution < -0.4 is 0 Å². The standard InChI is InChI=1S/C21H29NO2/c23-21(20-7-8-20)22-11-9-17(10-12-22)13-16-1-3-18(4-2-16)14-24-15-19-5-6-19/h1-4,17,19-20H,5-15H2. The van der Waals surface area contributed by atoms with Crippen LogP contribution in [0.25, 0.3) is 0 Å². The summed E-state index contributed by atoms with van der Waals surface area (Å²) in [5, 5.41) is 0. The number of amides is 1. The number of likely N-dealkylation sites (tertiary alicyclic amines) is 1. The average Bonchev–Trinajstić information content (AvgIpc) is 3.50. The summed E-state index contributed by atoms with van der Waals surface area (Å²) < 4.78 is 5.75. The van der Waals surface area contributed by atoms with Crippen LogP contribution in [0.1, 0.15) is 49.7 Å². The third-order valence-corrected chi connectivity index (χ3v) is 5.72. The van der Waals surface area contributed by atoms with Gasteiger partial charge in [0, 0.05) is 25.6 Å². The van der Waals surface area contributed by atoms with Crippen molar-refractivity contribution >= 4 is 5.91 Å². The summed E-state index contributed by atoms with van der Waals surface area (Å²) in [6.45, 7) is 3.61. The maximum atomic E-state index is 12.1. The normalized spacial score (nSPS) is 21.9. The minimum absolute atomic E-state index is 0.372. The van der Waals surface area contributed by atoms with Gasteiger partial charge in [0.2, 0.25) is 5.91 Å². The van der Waals surface area contributed by atoms with Crippen molar-refractivity contribution in [2.24, 2.45) is 17.8 Å². The predicted octanol–water partition coefficient (Wildman–Crippen LogP) is 3.80. The lowest BCUT2D eigenvalue weighted by Crippen LogP contribution is -2.39. The van der Waals surface area contributed by atoms with Gasteiger partial charge in [-0.15, -0.1) is 0 Å². The second-order valence-electron chi connectivity index (χ2n) is 8.02. The van der Waals surface area contributed by atoms with Gasteiger partial charge in [-0.3, -0.25) is 4.79 Å². The smallest absolute Gasteiger partial charge is 0.225 e. The van der Waals surface area contributed by atoms with E-state index in [4.69, 9.17) is 4.74 Å². The van der Waals surface area contributed by atoms with Crippen LogP contribution in [0.15, 0.2) is 24.3 Å². The number of benzene rings is 1. The minimum Gasteiger partial charge on any atom is -0.376 e. The summed E-state index contributed by atoms with van der Waals surface area (Å²) in [5.74, 6) is 2.35. The Balaban J connectivity index is 1.20. The molecule has 1 saturated heterocycles. The molecule has 0 N–H and O–H groups in total. The molecule has 0 spiro atoms. The Labute approximate surface area is 145 Å². The van der Waals surface area contributed by atoms with Gasteiger partial charge in [0.25, 0.3) is 0 Å². The Morgan fingerprint density at radius 3 is 2.21 bits per heavy atom. The molecule has 0 atom stereocenters. The van der Waals surface area contributed by atoms with Crippen LogP contribution in [0.5, 0.6) is 0 Å². The van der Waals surface area contributed by atoms with E-state index in [1.54, 1.807) is 0 Å². The molecule has 1 aliphatic heterocycles. The molecule has 3 fully saturated rings. The van der Waals surface area contributed by atoms with Crippen molar-refractivity contribution in [2.45, 2.75) is 51.6 Å². The summed E-state index contributed by atoms with van der Waals surface area (Å²) in [6, 6.07) is 8.96. The lowest BCUT2D eigenvalue weighted by molar-refractivity contribution is -0.133. The SMILES string of the molecule is O=C(C1CC1)N1CCC(Cc2ccc(COCC3CC3)cc2)CC1. The van der Waals surface area contributed by atoms with Gasteiger partial charge < -0.3 is 9.64 Å². The second kappa shape index (κ2) is 7.26. The number of nitrogens with zero attached hydrogens (tertiary/aromatic N) is 1. The van der Waals surface area contributed by atoms with Crippen LogP contribution in [0, 0.1) is 17.8 Å². The van der Waals surface area contributed by atoms with Crippen molar-refractivity contribution in [3.63, 3.8) is 0 Å². The molecule has 1 amide bonds. The van der Waals surface area contributed by atoms with Gasteiger partial charge in [-0.2, -0.15) is 0 Å². The third kappa shape index (κ3) is 4.38. The fraction of sp³-hybridized carbons (Fsp3) is 0.667. The predicted molar refractivity (Wildman–Crippen MR) is 94.6 cm³/mol. The van der Waals surface area contributed by atoms with Crippen molar-refractivity contribution in [3.05, 3.63) is 35.4 Å². The molecular formula is C21H29NO2. The van der Waals surface area contributed by atoms with Crippen molar-refractivity contribution in [1.82, 2.24) is 4.90 Å². The van der Waals surface area contributed by atoms with E-state index in [0.717, 1.165) is 70.2 Å². The number of piperidine rings is 1. The number of carbonyl (C=O) groups is 1. The monoisotopic (exact) mass is 327 g/mol. The molecule has 130 valence electrons. The summed E-state index contributed by atoms with van der Waals surface area (Å²) in [7, 11) is 0. The largest absolute Gasteiger partial charge is 0.376 e. The molecule has 1 aromatic rings. The highest BCUT2D eigenvalue weighted by Crippen LogP contribution is 2.33. The first-order valence-corrected chi connectivity index (χ1v) is 9.72. The first-order chi connectivity index (χ1) is 11.8. The highest BCUT2D eigenvalue weighted by Gasteiger charge is 2.34. The van der Waals surface area contributed by atoms with Crippen LogP contribution in [-0.2, 0) is 22.6 Å². The third-order valence-electron chi connectivity index (χ3n) is 5.72. The first-order valence-electron chi connectivity index (χ1n) is 9.72. The van der Waals surface area contributed by atoms with Gasteiger partial charge in [0.1, 0.15) is 0 Å². The highest BCUT2D eigenvalue weighted by atomic mass is 16.5. The fourth-order valence-electron chi connectivity index (χ4n) is 3.68. The zero-order valence-corrected chi connectivity index (χ0v) is 14.6. The number of hydrogen-bond donors (Lipinski definition) is 0. The van der Waals surface area contributed by atoms with E-state index in [0.29, 0.717) is 11.8 Å². The van der Waals surface area contributed by atoms with Crippen molar-refractivity contribution < 1.29 is 9.53 Å². The van der Waals surface area contributed by atoms with Crippen molar-refractivity contribution in [2.75, 3.05) is 19.7 Å². The number of carbonyl (C=O) groups excluding carboxylic acids is 1. The Kier molecular flexibility index (Phi) is 4.88. The lowest BCUT2D eigenvalue weighted by Gasteiger charge is -2.32. The average molecular weight is 327 g/mol. The van der Waals surface area contributed by atoms with E-state index < -0.39 is 0 Å². The van der Waals surface area contributed by atoms with Gasteiger partial charge in [-0.25, -0.2) is 0 Å². The van der Waals surface area contributed by atoms with E-state index in [-0.39, 0.29) is 0 Å². The minimum atomic E-state index is 0.372. The molecule has 0 radical (unpaired) electrons. The summed E-state index contributed by atoms with van der Waals surface area (Å²) >= 11 is 0. The van der Waals surface area contributed by atoms with Crippen LogP contribution in [0.3, 0.4) is 0 Å². The van der Waals surface area contributed by atoms with E-state index in [1.165, 1.54) is 24.0 Å². The van der Waals surface area contributed by atoms with Gasteiger partial charge in [-0.05, 0) is 67.9 Å². The Morgan fingerprint density at radius 1 is 0.917 bits per heavy atom. The molecule has 0 aromatic heterocycles. The molecule has 3 nitrogen and oxygen atoms in total. The quantitative estimate of drug-likeness (QED) is 0.762. The van der Waals surface area contributed by atoms with E-state index in [9.17, 15) is 4.79 Å². The summed E-state index contributed by atoms with van der Waals surface area (Å²) in [6.07, 6.45) is 8.41. The Hall–Kier alpha value is -1.35. The highest BCUT2D eigenvalue weighted by molar-refractivity contribution is 5.81. The van der Waals surface area contributed by atoms with Gasteiger partial charge >= 0.3 is 0 Å². The molecule has 1 aromatic carbocycles.